The normalized spacial score (nSPS) is 16.4. The lowest BCUT2D eigenvalue weighted by atomic mass is 10.2. The van der Waals surface area contributed by atoms with Crippen LogP contribution in [0, 0.1) is 12.3 Å². The molecule has 1 amide bonds. The number of terminal acetylenes is 1. The highest BCUT2D eigenvalue weighted by Crippen LogP contribution is 2.12. The SMILES string of the molecule is C#CCOc1ccc(/C=N/CCNC(=O)CN2CCN(CC(=O)OC(C)(C)C)CCN(CC(=O)OC(C)(C)C)CCN(CC(=O)OC(C)(C)C)CC2)cc1. The van der Waals surface area contributed by atoms with Gasteiger partial charge in [0.1, 0.15) is 29.2 Å². The summed E-state index contributed by atoms with van der Waals surface area (Å²) in [5.74, 6) is 1.90. The molecule has 1 aromatic rings. The van der Waals surface area contributed by atoms with Crippen LogP contribution >= 0.6 is 0 Å². The first kappa shape index (κ1) is 46.1. The molecule has 0 bridgehead atoms. The lowest BCUT2D eigenvalue weighted by molar-refractivity contribution is -0.158. The van der Waals surface area contributed by atoms with Crippen LogP contribution in [0.4, 0.5) is 0 Å². The minimum Gasteiger partial charge on any atom is -0.481 e. The lowest BCUT2D eigenvalue weighted by Crippen LogP contribution is -2.50. The largest absolute Gasteiger partial charge is 0.481 e. The fourth-order valence-corrected chi connectivity index (χ4v) is 5.34. The number of amides is 1. The summed E-state index contributed by atoms with van der Waals surface area (Å²) in [6.45, 7) is 21.4. The van der Waals surface area contributed by atoms with Gasteiger partial charge in [-0.05, 0) is 92.1 Å². The molecule has 0 saturated carbocycles. The van der Waals surface area contributed by atoms with E-state index in [1.807, 2.05) is 106 Å². The molecule has 1 aliphatic heterocycles. The number of aliphatic imine (C=N–C) groups is 1. The van der Waals surface area contributed by atoms with Crippen molar-refractivity contribution in [1.82, 2.24) is 24.9 Å². The molecule has 1 aliphatic rings. The Bertz CT molecular complexity index is 1360. The summed E-state index contributed by atoms with van der Waals surface area (Å²) < 4.78 is 22.3. The lowest BCUT2D eigenvalue weighted by Gasteiger charge is -2.34. The predicted molar refractivity (Wildman–Crippen MR) is 210 cm³/mol. The molecular formula is C40H64N6O8. The van der Waals surface area contributed by atoms with Crippen molar-refractivity contribution in [1.29, 1.82) is 0 Å². The van der Waals surface area contributed by atoms with E-state index in [1.165, 1.54) is 0 Å². The third kappa shape index (κ3) is 22.2. The highest BCUT2D eigenvalue weighted by atomic mass is 16.6. The van der Waals surface area contributed by atoms with Crippen LogP contribution in [0.1, 0.15) is 67.9 Å². The fraction of sp³-hybridized carbons (Fsp3) is 0.675. The Balaban J connectivity index is 2.16. The van der Waals surface area contributed by atoms with E-state index in [0.29, 0.717) is 71.2 Å². The van der Waals surface area contributed by atoms with Crippen molar-refractivity contribution in [3.8, 4) is 18.1 Å². The van der Waals surface area contributed by atoms with Crippen LogP contribution in [0.25, 0.3) is 0 Å². The van der Waals surface area contributed by atoms with Gasteiger partial charge in [0.15, 0.2) is 0 Å². The van der Waals surface area contributed by atoms with Crippen molar-refractivity contribution in [2.75, 3.05) is 98.2 Å². The van der Waals surface area contributed by atoms with Gasteiger partial charge < -0.3 is 24.3 Å². The number of hydrogen-bond donors (Lipinski definition) is 1. The molecule has 14 heteroatoms. The Morgan fingerprint density at radius 3 is 1.39 bits per heavy atom. The first-order chi connectivity index (χ1) is 25.2. The zero-order valence-electron chi connectivity index (χ0n) is 34.1. The predicted octanol–water partition coefficient (Wildman–Crippen LogP) is 2.48. The van der Waals surface area contributed by atoms with Gasteiger partial charge in [-0.1, -0.05) is 5.92 Å². The number of carbonyl (C=O) groups excluding carboxylic acids is 4. The smallest absolute Gasteiger partial charge is 0.320 e. The minimum absolute atomic E-state index is 0.0566. The number of benzene rings is 1. The number of nitrogens with one attached hydrogen (secondary N) is 1. The highest BCUT2D eigenvalue weighted by molar-refractivity contribution is 5.80. The summed E-state index contributed by atoms with van der Waals surface area (Å²) in [5.41, 5.74) is -1.02. The highest BCUT2D eigenvalue weighted by Gasteiger charge is 2.26. The number of esters is 3. The van der Waals surface area contributed by atoms with E-state index in [2.05, 4.69) is 16.2 Å². The first-order valence-corrected chi connectivity index (χ1v) is 18.7. The Morgan fingerprint density at radius 1 is 0.667 bits per heavy atom. The summed E-state index contributed by atoms with van der Waals surface area (Å²) in [4.78, 5) is 64.3. The van der Waals surface area contributed by atoms with Crippen molar-refractivity contribution in [2.45, 2.75) is 79.1 Å². The zero-order valence-corrected chi connectivity index (χ0v) is 34.1. The third-order valence-electron chi connectivity index (χ3n) is 7.62. The van der Waals surface area contributed by atoms with Gasteiger partial charge in [-0.25, -0.2) is 0 Å². The van der Waals surface area contributed by atoms with Gasteiger partial charge >= 0.3 is 17.9 Å². The summed E-state index contributed by atoms with van der Waals surface area (Å²) in [6.07, 6.45) is 6.98. The molecule has 0 unspecified atom stereocenters. The van der Waals surface area contributed by atoms with Crippen molar-refractivity contribution in [3.63, 3.8) is 0 Å². The van der Waals surface area contributed by atoms with E-state index in [-0.39, 0.29) is 56.6 Å². The molecule has 0 aromatic heterocycles. The Morgan fingerprint density at radius 2 is 1.04 bits per heavy atom. The molecule has 302 valence electrons. The maximum absolute atomic E-state index is 13.2. The van der Waals surface area contributed by atoms with E-state index >= 15 is 0 Å². The van der Waals surface area contributed by atoms with Crippen LogP contribution in [0.15, 0.2) is 29.3 Å². The quantitative estimate of drug-likeness (QED) is 0.0981. The molecule has 0 radical (unpaired) electrons. The second-order valence-corrected chi connectivity index (χ2v) is 16.3. The Labute approximate surface area is 322 Å². The van der Waals surface area contributed by atoms with E-state index in [0.717, 1.165) is 5.56 Å². The second-order valence-electron chi connectivity index (χ2n) is 16.3. The van der Waals surface area contributed by atoms with Crippen molar-refractivity contribution in [3.05, 3.63) is 29.8 Å². The molecule has 1 heterocycles. The molecule has 14 nitrogen and oxygen atoms in total. The van der Waals surface area contributed by atoms with Crippen LogP contribution in [0.2, 0.25) is 0 Å². The number of ether oxygens (including phenoxy) is 4. The van der Waals surface area contributed by atoms with Gasteiger partial charge in [0, 0.05) is 65.1 Å². The van der Waals surface area contributed by atoms with Gasteiger partial charge in [0.2, 0.25) is 5.91 Å². The summed E-state index contributed by atoms with van der Waals surface area (Å²) in [6, 6.07) is 7.39. The summed E-state index contributed by atoms with van der Waals surface area (Å²) >= 11 is 0. The molecule has 1 N–H and O–H groups in total. The second kappa shape index (κ2) is 22.4. The first-order valence-electron chi connectivity index (χ1n) is 18.7. The van der Waals surface area contributed by atoms with Crippen LogP contribution in [0.3, 0.4) is 0 Å². The monoisotopic (exact) mass is 756 g/mol. The molecule has 0 spiro atoms. The van der Waals surface area contributed by atoms with E-state index in [4.69, 9.17) is 25.4 Å². The van der Waals surface area contributed by atoms with Crippen LogP contribution < -0.4 is 10.1 Å². The van der Waals surface area contributed by atoms with Crippen LogP contribution in [0.5, 0.6) is 5.75 Å². The maximum Gasteiger partial charge on any atom is 0.320 e. The van der Waals surface area contributed by atoms with Crippen molar-refractivity contribution >= 4 is 30.0 Å². The Hall–Kier alpha value is -4.03. The van der Waals surface area contributed by atoms with Gasteiger partial charge in [0.05, 0.1) is 32.7 Å². The van der Waals surface area contributed by atoms with Gasteiger partial charge in [-0.3, -0.25) is 43.8 Å². The maximum atomic E-state index is 13.2. The molecule has 1 saturated heterocycles. The van der Waals surface area contributed by atoms with E-state index in [1.54, 1.807) is 6.21 Å². The molecule has 1 aromatic carbocycles. The van der Waals surface area contributed by atoms with Gasteiger partial charge in [-0.2, -0.15) is 0 Å². The number of rotatable bonds is 14. The van der Waals surface area contributed by atoms with E-state index < -0.39 is 16.8 Å². The summed E-state index contributed by atoms with van der Waals surface area (Å²) in [7, 11) is 0. The van der Waals surface area contributed by atoms with Gasteiger partial charge in [-0.15, -0.1) is 6.42 Å². The zero-order chi connectivity index (χ0) is 40.4. The topological polar surface area (TPSA) is 143 Å². The van der Waals surface area contributed by atoms with Crippen LogP contribution in [-0.4, -0.2) is 165 Å². The minimum atomic E-state index is -0.639. The van der Waals surface area contributed by atoms with Crippen molar-refractivity contribution < 1.29 is 38.1 Å². The molecule has 0 atom stereocenters. The average molecular weight is 757 g/mol. The number of hydrogen-bond acceptors (Lipinski definition) is 13. The van der Waals surface area contributed by atoms with Crippen LogP contribution in [-0.2, 0) is 33.4 Å². The van der Waals surface area contributed by atoms with Gasteiger partial charge in [0.25, 0.3) is 0 Å². The average Bonchev–Trinajstić information content (AvgIpc) is 3.02. The molecular weight excluding hydrogens is 692 g/mol. The number of carbonyl (C=O) groups is 4. The standard InChI is InChI=1S/C40H64N6O8/c1-11-26-51-33-14-12-32(13-15-33)27-41-16-17-42-34(47)28-43-18-20-44(29-35(48)52-38(2,3)4)22-24-46(31-37(50)54-40(8,9)10)25-23-45(21-19-43)30-36(49)53-39(5,6)7/h1,12-15,27H,16-26,28-31H2,2-10H3,(H,42,47)/b41-27+. The molecule has 2 rings (SSSR count). The number of nitrogens with zero attached hydrogens (tertiary/aromatic N) is 5. The molecule has 0 aliphatic carbocycles. The van der Waals surface area contributed by atoms with E-state index in [9.17, 15) is 19.2 Å². The van der Waals surface area contributed by atoms with Crippen molar-refractivity contribution in [2.24, 2.45) is 4.99 Å². The fourth-order valence-electron chi connectivity index (χ4n) is 5.34. The third-order valence-corrected chi connectivity index (χ3v) is 7.62. The molecule has 54 heavy (non-hydrogen) atoms. The summed E-state index contributed by atoms with van der Waals surface area (Å²) in [5, 5.41) is 2.95. The molecule has 1 fully saturated rings. The Kier molecular flexibility index (Phi) is 19.1.